The van der Waals surface area contributed by atoms with Crippen molar-refractivity contribution in [2.75, 3.05) is 26.7 Å². The molecule has 1 aliphatic heterocycles. The van der Waals surface area contributed by atoms with Crippen LogP contribution in [0, 0.1) is 11.7 Å². The summed E-state index contributed by atoms with van der Waals surface area (Å²) in [6, 6.07) is 6.58. The first kappa shape index (κ1) is 22.4. The van der Waals surface area contributed by atoms with Crippen molar-refractivity contribution in [2.45, 2.75) is 24.3 Å². The number of halogens is 1. The van der Waals surface area contributed by atoms with E-state index in [9.17, 15) is 22.4 Å². The molecule has 30 heavy (non-hydrogen) atoms. The van der Waals surface area contributed by atoms with Crippen LogP contribution in [-0.2, 0) is 30.9 Å². The molecular formula is C20H23FN2O5S2. The number of hydrogen-bond acceptors (Lipinski definition) is 6. The molecule has 0 aliphatic carbocycles. The standard InChI is InChI=1S/C20H23FN2O5S2/c1-22(12-15-8-11-29-14-15)19(24)13-28-20(25)16-6-9-23(10-7-16)30(26,27)18-4-2-17(21)3-5-18/h2-5,8,11,14,16H,6-7,9-10,12-13H2,1H3. The number of carbonyl (C=O) groups is 2. The second kappa shape index (κ2) is 9.67. The molecule has 0 saturated carbocycles. The zero-order chi connectivity index (χ0) is 21.7. The van der Waals surface area contributed by atoms with E-state index in [2.05, 4.69) is 0 Å². The Kier molecular flexibility index (Phi) is 7.22. The van der Waals surface area contributed by atoms with E-state index in [0.29, 0.717) is 19.4 Å². The van der Waals surface area contributed by atoms with Crippen molar-refractivity contribution in [3.8, 4) is 0 Å². The third-order valence-electron chi connectivity index (χ3n) is 5.00. The second-order valence-electron chi connectivity index (χ2n) is 7.12. The third-order valence-corrected chi connectivity index (χ3v) is 7.65. The lowest BCUT2D eigenvalue weighted by Gasteiger charge is -2.30. The predicted molar refractivity (Wildman–Crippen MR) is 110 cm³/mol. The van der Waals surface area contributed by atoms with E-state index in [0.717, 1.165) is 17.7 Å². The van der Waals surface area contributed by atoms with Crippen LogP contribution in [0.1, 0.15) is 18.4 Å². The molecule has 0 N–H and O–H groups in total. The quantitative estimate of drug-likeness (QED) is 0.600. The Morgan fingerprint density at radius 1 is 1.20 bits per heavy atom. The number of piperidine rings is 1. The van der Waals surface area contributed by atoms with E-state index in [1.54, 1.807) is 18.4 Å². The highest BCUT2D eigenvalue weighted by molar-refractivity contribution is 7.89. The Morgan fingerprint density at radius 2 is 1.87 bits per heavy atom. The lowest BCUT2D eigenvalue weighted by Crippen LogP contribution is -2.41. The van der Waals surface area contributed by atoms with Gasteiger partial charge in [-0.3, -0.25) is 9.59 Å². The normalized spacial score (nSPS) is 15.7. The molecular weight excluding hydrogens is 431 g/mol. The molecule has 1 aliphatic rings. The van der Waals surface area contributed by atoms with Gasteiger partial charge in [-0.2, -0.15) is 15.6 Å². The summed E-state index contributed by atoms with van der Waals surface area (Å²) in [5.41, 5.74) is 1.01. The van der Waals surface area contributed by atoms with Crippen LogP contribution < -0.4 is 0 Å². The Bertz CT molecular complexity index is 969. The van der Waals surface area contributed by atoms with Crippen LogP contribution in [0.15, 0.2) is 46.0 Å². The van der Waals surface area contributed by atoms with Crippen molar-refractivity contribution in [3.05, 3.63) is 52.5 Å². The molecule has 1 saturated heterocycles. The monoisotopic (exact) mass is 454 g/mol. The number of nitrogens with zero attached hydrogens (tertiary/aromatic N) is 2. The van der Waals surface area contributed by atoms with Gasteiger partial charge in [-0.1, -0.05) is 0 Å². The maximum atomic E-state index is 13.0. The van der Waals surface area contributed by atoms with Gasteiger partial charge in [0.15, 0.2) is 6.61 Å². The van der Waals surface area contributed by atoms with Gasteiger partial charge in [0.1, 0.15) is 5.82 Å². The number of sulfonamides is 1. The fourth-order valence-corrected chi connectivity index (χ4v) is 5.32. The maximum Gasteiger partial charge on any atom is 0.309 e. The van der Waals surface area contributed by atoms with Crippen molar-refractivity contribution in [2.24, 2.45) is 5.92 Å². The van der Waals surface area contributed by atoms with Crippen LogP contribution in [0.4, 0.5) is 4.39 Å². The molecule has 162 valence electrons. The Labute approximate surface area is 179 Å². The van der Waals surface area contributed by atoms with Gasteiger partial charge in [-0.25, -0.2) is 12.8 Å². The Balaban J connectivity index is 1.47. The molecule has 3 rings (SSSR count). The molecule has 0 bridgehead atoms. The van der Waals surface area contributed by atoms with Crippen LogP contribution in [0.25, 0.3) is 0 Å². The van der Waals surface area contributed by atoms with Gasteiger partial charge in [-0.05, 0) is 59.5 Å². The predicted octanol–water partition coefficient (Wildman–Crippen LogP) is 2.49. The van der Waals surface area contributed by atoms with Crippen LogP contribution >= 0.6 is 11.3 Å². The van der Waals surface area contributed by atoms with E-state index >= 15 is 0 Å². The van der Waals surface area contributed by atoms with E-state index in [1.807, 2.05) is 16.8 Å². The zero-order valence-corrected chi connectivity index (χ0v) is 18.1. The van der Waals surface area contributed by atoms with Gasteiger partial charge in [-0.15, -0.1) is 0 Å². The summed E-state index contributed by atoms with van der Waals surface area (Å²) in [4.78, 5) is 26.0. The highest BCUT2D eigenvalue weighted by Gasteiger charge is 2.33. The minimum Gasteiger partial charge on any atom is -0.455 e. The Hall–Kier alpha value is -2.30. The van der Waals surface area contributed by atoms with Crippen molar-refractivity contribution < 1.29 is 27.1 Å². The number of likely N-dealkylation sites (N-methyl/N-ethyl adjacent to an activating group) is 1. The number of ether oxygens (including phenoxy) is 1. The first-order valence-corrected chi connectivity index (χ1v) is 11.8. The molecule has 1 aromatic carbocycles. The lowest BCUT2D eigenvalue weighted by atomic mass is 9.98. The number of thiophene rings is 1. The first-order valence-electron chi connectivity index (χ1n) is 9.45. The highest BCUT2D eigenvalue weighted by Crippen LogP contribution is 2.24. The summed E-state index contributed by atoms with van der Waals surface area (Å²) >= 11 is 1.54. The molecule has 1 fully saturated rings. The molecule has 1 amide bonds. The average Bonchev–Trinajstić information content (AvgIpc) is 3.25. The molecule has 7 nitrogen and oxygen atoms in total. The summed E-state index contributed by atoms with van der Waals surface area (Å²) in [7, 11) is -2.09. The van der Waals surface area contributed by atoms with E-state index in [4.69, 9.17) is 4.74 Å². The lowest BCUT2D eigenvalue weighted by molar-refractivity contribution is -0.156. The second-order valence-corrected chi connectivity index (χ2v) is 9.84. The van der Waals surface area contributed by atoms with Gasteiger partial charge in [0.2, 0.25) is 10.0 Å². The summed E-state index contributed by atoms with van der Waals surface area (Å²) in [6.07, 6.45) is 0.608. The van der Waals surface area contributed by atoms with Gasteiger partial charge < -0.3 is 9.64 Å². The van der Waals surface area contributed by atoms with Gasteiger partial charge in [0.05, 0.1) is 10.8 Å². The molecule has 1 aromatic heterocycles. The molecule has 0 spiro atoms. The summed E-state index contributed by atoms with van der Waals surface area (Å²) in [5.74, 6) is -1.76. The summed E-state index contributed by atoms with van der Waals surface area (Å²) in [5, 5.41) is 3.87. The maximum absolute atomic E-state index is 13.0. The number of amides is 1. The molecule has 0 radical (unpaired) electrons. The number of rotatable bonds is 7. The minimum absolute atomic E-state index is 0.0178. The van der Waals surface area contributed by atoms with Gasteiger partial charge in [0, 0.05) is 26.7 Å². The number of hydrogen-bond donors (Lipinski definition) is 0. The first-order chi connectivity index (χ1) is 14.3. The van der Waals surface area contributed by atoms with Crippen LogP contribution in [-0.4, -0.2) is 56.2 Å². The van der Waals surface area contributed by atoms with Gasteiger partial charge in [0.25, 0.3) is 5.91 Å². The van der Waals surface area contributed by atoms with E-state index in [1.165, 1.54) is 21.3 Å². The SMILES string of the molecule is CN(Cc1ccsc1)C(=O)COC(=O)C1CCN(S(=O)(=O)c2ccc(F)cc2)CC1. The van der Waals surface area contributed by atoms with Crippen LogP contribution in [0.5, 0.6) is 0 Å². The van der Waals surface area contributed by atoms with Crippen molar-refractivity contribution >= 4 is 33.2 Å². The zero-order valence-electron chi connectivity index (χ0n) is 16.5. The fourth-order valence-electron chi connectivity index (χ4n) is 3.19. The third kappa shape index (κ3) is 5.44. The minimum atomic E-state index is -3.74. The van der Waals surface area contributed by atoms with Crippen molar-refractivity contribution in [1.29, 1.82) is 0 Å². The molecule has 10 heteroatoms. The molecule has 2 heterocycles. The summed E-state index contributed by atoms with van der Waals surface area (Å²) in [6.45, 7) is 0.421. The van der Waals surface area contributed by atoms with Crippen LogP contribution in [0.2, 0.25) is 0 Å². The summed E-state index contributed by atoms with van der Waals surface area (Å²) < 4.78 is 44.8. The number of benzene rings is 1. The number of esters is 1. The molecule has 0 unspecified atom stereocenters. The highest BCUT2D eigenvalue weighted by atomic mass is 32.2. The van der Waals surface area contributed by atoms with E-state index < -0.39 is 27.7 Å². The average molecular weight is 455 g/mol. The number of carbonyl (C=O) groups excluding carboxylic acids is 2. The fraction of sp³-hybridized carbons (Fsp3) is 0.400. The van der Waals surface area contributed by atoms with Crippen molar-refractivity contribution in [1.82, 2.24) is 9.21 Å². The largest absolute Gasteiger partial charge is 0.455 e. The Morgan fingerprint density at radius 3 is 2.47 bits per heavy atom. The van der Waals surface area contributed by atoms with Crippen LogP contribution in [0.3, 0.4) is 0 Å². The molecule has 0 atom stereocenters. The van der Waals surface area contributed by atoms with E-state index in [-0.39, 0.29) is 30.5 Å². The van der Waals surface area contributed by atoms with Crippen molar-refractivity contribution in [3.63, 3.8) is 0 Å². The smallest absolute Gasteiger partial charge is 0.309 e. The molecule has 2 aromatic rings. The topological polar surface area (TPSA) is 84.0 Å². The van der Waals surface area contributed by atoms with Gasteiger partial charge >= 0.3 is 5.97 Å².